The molecule has 8 nitrogen and oxygen atoms in total. The molecular weight excluding hydrogens is 408 g/mol. The molecule has 0 aliphatic carbocycles. The van der Waals surface area contributed by atoms with Crippen LogP contribution >= 0.6 is 0 Å². The van der Waals surface area contributed by atoms with Crippen LogP contribution in [0, 0.1) is 0 Å². The van der Waals surface area contributed by atoms with Gasteiger partial charge in [-0.1, -0.05) is 60.7 Å². The van der Waals surface area contributed by atoms with Gasteiger partial charge in [0.1, 0.15) is 12.2 Å². The van der Waals surface area contributed by atoms with Gasteiger partial charge < -0.3 is 39.5 Å². The molecule has 0 saturated carbocycles. The molecule has 2 aromatic rings. The SMILES string of the molecule is O=C([O-])[C@H](O)COCc1ccccc1.O=C([O-])[C@H](O)COCc1ccccc1.[Ca+2]. The Bertz CT molecular complexity index is 635. The molecule has 0 unspecified atom stereocenters. The monoisotopic (exact) mass is 430 g/mol. The molecule has 2 aromatic carbocycles. The van der Waals surface area contributed by atoms with Crippen LogP contribution in [0.4, 0.5) is 0 Å². The van der Waals surface area contributed by atoms with E-state index in [1.165, 1.54) is 0 Å². The molecule has 2 atom stereocenters. The predicted octanol–water partition coefficient (Wildman–Crippen LogP) is -1.75. The molecule has 9 heteroatoms. The van der Waals surface area contributed by atoms with Crippen LogP contribution in [0.5, 0.6) is 0 Å². The van der Waals surface area contributed by atoms with E-state index in [2.05, 4.69) is 0 Å². The van der Waals surface area contributed by atoms with Crippen molar-refractivity contribution in [3.63, 3.8) is 0 Å². The second-order valence-electron chi connectivity index (χ2n) is 5.67. The molecule has 0 bridgehead atoms. The van der Waals surface area contributed by atoms with Crippen molar-refractivity contribution in [3.8, 4) is 0 Å². The summed E-state index contributed by atoms with van der Waals surface area (Å²) in [6, 6.07) is 18.6. The zero-order valence-corrected chi connectivity index (χ0v) is 18.0. The maximum absolute atomic E-state index is 10.1. The first-order chi connectivity index (χ1) is 13.4. The zero-order chi connectivity index (χ0) is 20.8. The maximum Gasteiger partial charge on any atom is 2.00 e. The largest absolute Gasteiger partial charge is 2.00 e. The van der Waals surface area contributed by atoms with Gasteiger partial charge in [-0.15, -0.1) is 0 Å². The quantitative estimate of drug-likeness (QED) is 0.423. The molecule has 0 radical (unpaired) electrons. The molecule has 0 aliphatic rings. The van der Waals surface area contributed by atoms with Gasteiger partial charge in [-0.05, 0) is 11.1 Å². The minimum atomic E-state index is -1.56. The van der Waals surface area contributed by atoms with Gasteiger partial charge in [0.15, 0.2) is 0 Å². The van der Waals surface area contributed by atoms with Crippen LogP contribution in [0.3, 0.4) is 0 Å². The third-order valence-corrected chi connectivity index (χ3v) is 3.32. The van der Waals surface area contributed by atoms with Gasteiger partial charge in [0, 0.05) is 0 Å². The van der Waals surface area contributed by atoms with Crippen molar-refractivity contribution in [1.82, 2.24) is 0 Å². The summed E-state index contributed by atoms with van der Waals surface area (Å²) in [6.07, 6.45) is -3.11. The molecule has 0 amide bonds. The van der Waals surface area contributed by atoms with Crippen molar-refractivity contribution < 1.29 is 39.5 Å². The Morgan fingerprint density at radius 2 is 1.03 bits per heavy atom. The number of benzene rings is 2. The van der Waals surface area contributed by atoms with E-state index in [1.807, 2.05) is 60.7 Å². The molecule has 152 valence electrons. The minimum Gasteiger partial charge on any atom is -0.547 e. The number of carbonyl (C=O) groups is 2. The number of hydrogen-bond donors (Lipinski definition) is 2. The minimum absolute atomic E-state index is 0. The zero-order valence-electron chi connectivity index (χ0n) is 15.8. The number of carbonyl (C=O) groups excluding carboxylic acids is 2. The molecule has 0 fully saturated rings. The van der Waals surface area contributed by atoms with E-state index in [0.717, 1.165) is 11.1 Å². The topological polar surface area (TPSA) is 139 Å². The predicted molar refractivity (Wildman–Crippen MR) is 100.0 cm³/mol. The fourth-order valence-corrected chi connectivity index (χ4v) is 1.86. The number of carboxylic acids is 2. The van der Waals surface area contributed by atoms with Crippen molar-refractivity contribution >= 4 is 49.7 Å². The van der Waals surface area contributed by atoms with E-state index in [4.69, 9.17) is 19.7 Å². The van der Waals surface area contributed by atoms with Gasteiger partial charge in [-0.25, -0.2) is 0 Å². The first kappa shape index (κ1) is 27.5. The Hall–Kier alpha value is -1.52. The smallest absolute Gasteiger partial charge is 0.547 e. The Balaban J connectivity index is 0.000000523. The Kier molecular flexibility index (Phi) is 15.4. The van der Waals surface area contributed by atoms with E-state index in [9.17, 15) is 19.8 Å². The van der Waals surface area contributed by atoms with Crippen LogP contribution < -0.4 is 10.2 Å². The summed E-state index contributed by atoms with van der Waals surface area (Å²) in [5.41, 5.74) is 1.86. The number of rotatable bonds is 10. The Labute approximate surface area is 198 Å². The van der Waals surface area contributed by atoms with Crippen LogP contribution in [0.1, 0.15) is 11.1 Å². The van der Waals surface area contributed by atoms with Crippen molar-refractivity contribution in [3.05, 3.63) is 71.8 Å². The summed E-state index contributed by atoms with van der Waals surface area (Å²) >= 11 is 0. The molecule has 0 saturated heterocycles. The van der Waals surface area contributed by atoms with Gasteiger partial charge in [0.05, 0.1) is 38.4 Å². The van der Waals surface area contributed by atoms with Crippen LogP contribution in [-0.2, 0) is 32.3 Å². The molecule has 0 heterocycles. The Morgan fingerprint density at radius 1 is 0.724 bits per heavy atom. The van der Waals surface area contributed by atoms with Crippen molar-refractivity contribution in [2.75, 3.05) is 13.2 Å². The van der Waals surface area contributed by atoms with Crippen LogP contribution in [-0.4, -0.2) is 85.3 Å². The normalized spacial score (nSPS) is 11.9. The molecule has 0 spiro atoms. The number of aliphatic carboxylic acids is 2. The third kappa shape index (κ3) is 13.3. The van der Waals surface area contributed by atoms with E-state index in [0.29, 0.717) is 0 Å². The average Bonchev–Trinajstić information content (AvgIpc) is 2.70. The third-order valence-electron chi connectivity index (χ3n) is 3.32. The fourth-order valence-electron chi connectivity index (χ4n) is 1.86. The van der Waals surface area contributed by atoms with Gasteiger partial charge >= 0.3 is 37.7 Å². The first-order valence-corrected chi connectivity index (χ1v) is 8.41. The second-order valence-corrected chi connectivity index (χ2v) is 5.67. The molecule has 2 N–H and O–H groups in total. The van der Waals surface area contributed by atoms with Crippen LogP contribution in [0.25, 0.3) is 0 Å². The Morgan fingerprint density at radius 3 is 1.31 bits per heavy atom. The summed E-state index contributed by atoms with van der Waals surface area (Å²) in [7, 11) is 0. The first-order valence-electron chi connectivity index (χ1n) is 8.41. The number of aliphatic hydroxyl groups excluding tert-OH is 2. The van der Waals surface area contributed by atoms with Crippen LogP contribution in [0.15, 0.2) is 60.7 Å². The van der Waals surface area contributed by atoms with Gasteiger partial charge in [0.2, 0.25) is 0 Å². The van der Waals surface area contributed by atoms with Gasteiger partial charge in [-0.3, -0.25) is 0 Å². The van der Waals surface area contributed by atoms with Crippen LogP contribution in [0.2, 0.25) is 0 Å². The second kappa shape index (κ2) is 16.3. The number of carboxylic acid groups (broad SMARTS) is 2. The van der Waals surface area contributed by atoms with Crippen molar-refractivity contribution in [2.24, 2.45) is 0 Å². The summed E-state index contributed by atoms with van der Waals surface area (Å²) in [4.78, 5) is 20.2. The van der Waals surface area contributed by atoms with E-state index >= 15 is 0 Å². The number of aliphatic hydroxyl groups is 2. The summed E-state index contributed by atoms with van der Waals surface area (Å²) in [5, 5.41) is 37.8. The fraction of sp³-hybridized carbons (Fsp3) is 0.300. The maximum atomic E-state index is 10.1. The summed E-state index contributed by atoms with van der Waals surface area (Å²) in [6.45, 7) is 0.0603. The van der Waals surface area contributed by atoms with Gasteiger partial charge in [0.25, 0.3) is 0 Å². The number of hydrogen-bond acceptors (Lipinski definition) is 8. The number of ether oxygens (including phenoxy) is 2. The van der Waals surface area contributed by atoms with E-state index in [1.54, 1.807) is 0 Å². The average molecular weight is 430 g/mol. The van der Waals surface area contributed by atoms with Crippen molar-refractivity contribution in [1.29, 1.82) is 0 Å². The summed E-state index contributed by atoms with van der Waals surface area (Å²) < 4.78 is 9.94. The molecular formula is C20H22CaO8. The van der Waals surface area contributed by atoms with Crippen molar-refractivity contribution in [2.45, 2.75) is 25.4 Å². The standard InChI is InChI=1S/2C10H12O4.Ca/c2*11-9(10(12)13)7-14-6-8-4-2-1-3-5-8;/h2*1-5,9,11H,6-7H2,(H,12,13);/q;;+2/p-2/t2*9-;/m11./s1. The molecule has 0 aliphatic heterocycles. The summed E-state index contributed by atoms with van der Waals surface area (Å²) in [5.74, 6) is -3.03. The van der Waals surface area contributed by atoms with Gasteiger partial charge in [-0.2, -0.15) is 0 Å². The molecule has 0 aromatic heterocycles. The van der Waals surface area contributed by atoms with E-state index < -0.39 is 24.1 Å². The molecule has 2 rings (SSSR count). The molecule has 29 heavy (non-hydrogen) atoms. The van der Waals surface area contributed by atoms with E-state index in [-0.39, 0.29) is 64.2 Å².